The van der Waals surface area contributed by atoms with Crippen molar-refractivity contribution in [3.8, 4) is 0 Å². The summed E-state index contributed by atoms with van der Waals surface area (Å²) in [7, 11) is 0. The van der Waals surface area contributed by atoms with Crippen LogP contribution in [0.15, 0.2) is 35.2 Å². The van der Waals surface area contributed by atoms with Gasteiger partial charge >= 0.3 is 0 Å². The van der Waals surface area contributed by atoms with Gasteiger partial charge in [0.05, 0.1) is 15.7 Å². The van der Waals surface area contributed by atoms with Gasteiger partial charge in [0, 0.05) is 23.7 Å². The first-order chi connectivity index (χ1) is 12.7. The van der Waals surface area contributed by atoms with Crippen LogP contribution in [0.2, 0.25) is 10.0 Å². The molecule has 0 radical (unpaired) electrons. The maximum atomic E-state index is 6.57. The number of halogens is 2. The van der Waals surface area contributed by atoms with Gasteiger partial charge in [0.15, 0.2) is 0 Å². The Bertz CT molecular complexity index is 788. The van der Waals surface area contributed by atoms with Crippen molar-refractivity contribution in [3.63, 3.8) is 0 Å². The van der Waals surface area contributed by atoms with E-state index in [-0.39, 0.29) is 7.43 Å². The van der Waals surface area contributed by atoms with Crippen molar-refractivity contribution in [1.82, 2.24) is 5.32 Å². The van der Waals surface area contributed by atoms with Crippen LogP contribution in [0, 0.1) is 0 Å². The summed E-state index contributed by atoms with van der Waals surface area (Å²) in [5.41, 5.74) is 5.36. The van der Waals surface area contributed by atoms with Gasteiger partial charge in [0.25, 0.3) is 0 Å². The van der Waals surface area contributed by atoms with Crippen molar-refractivity contribution in [1.29, 1.82) is 0 Å². The van der Waals surface area contributed by atoms with Gasteiger partial charge in [-0.2, -0.15) is 0 Å². The van der Waals surface area contributed by atoms with Gasteiger partial charge < -0.3 is 10.2 Å². The summed E-state index contributed by atoms with van der Waals surface area (Å²) in [6, 6.07) is 10.7. The standard InChI is InChI=1S/C21H24Cl2N2S.CH4/c22-18-5-3-15(13-20(18)25-11-1-2-12-25)14-26-21-17-8-10-24-9-7-16(17)4-6-19(21)23;/h3-6,13,24H,1-2,7-12,14H2;1H4. The van der Waals surface area contributed by atoms with Crippen LogP contribution in [-0.4, -0.2) is 26.2 Å². The Labute approximate surface area is 177 Å². The third-order valence-corrected chi connectivity index (χ3v) is 7.25. The predicted octanol–water partition coefficient (Wildman–Crippen LogP) is 6.21. The van der Waals surface area contributed by atoms with E-state index in [0.29, 0.717) is 0 Å². The summed E-state index contributed by atoms with van der Waals surface area (Å²) < 4.78 is 0. The van der Waals surface area contributed by atoms with Crippen LogP contribution >= 0.6 is 35.0 Å². The van der Waals surface area contributed by atoms with Gasteiger partial charge in [-0.05, 0) is 73.7 Å². The van der Waals surface area contributed by atoms with Crippen LogP contribution in [0.4, 0.5) is 5.69 Å². The second-order valence-electron chi connectivity index (χ2n) is 7.03. The molecule has 0 aliphatic carbocycles. The maximum Gasteiger partial charge on any atom is 0.0639 e. The van der Waals surface area contributed by atoms with Crippen molar-refractivity contribution in [2.75, 3.05) is 31.1 Å². The van der Waals surface area contributed by atoms with Gasteiger partial charge in [-0.1, -0.05) is 42.8 Å². The van der Waals surface area contributed by atoms with Crippen LogP contribution in [0.25, 0.3) is 0 Å². The number of hydrogen-bond donors (Lipinski definition) is 1. The highest BCUT2D eigenvalue weighted by Gasteiger charge is 2.17. The summed E-state index contributed by atoms with van der Waals surface area (Å²) in [5.74, 6) is 0.918. The molecule has 1 saturated heterocycles. The molecule has 1 fully saturated rings. The molecule has 0 aromatic heterocycles. The van der Waals surface area contributed by atoms with Crippen LogP contribution in [0.1, 0.15) is 37.0 Å². The van der Waals surface area contributed by atoms with Gasteiger partial charge in [-0.15, -0.1) is 11.8 Å². The Morgan fingerprint density at radius 1 is 0.963 bits per heavy atom. The van der Waals surface area contributed by atoms with E-state index < -0.39 is 0 Å². The number of nitrogens with one attached hydrogen (secondary N) is 1. The number of thioether (sulfide) groups is 1. The van der Waals surface area contributed by atoms with E-state index in [1.54, 1.807) is 0 Å². The highest BCUT2D eigenvalue weighted by Crippen LogP contribution is 2.37. The van der Waals surface area contributed by atoms with E-state index >= 15 is 0 Å². The minimum absolute atomic E-state index is 0. The number of rotatable bonds is 4. The molecule has 0 spiro atoms. The lowest BCUT2D eigenvalue weighted by atomic mass is 10.0. The van der Waals surface area contributed by atoms with Gasteiger partial charge in [0.1, 0.15) is 0 Å². The van der Waals surface area contributed by atoms with E-state index in [9.17, 15) is 0 Å². The average molecular weight is 423 g/mol. The van der Waals surface area contributed by atoms with E-state index in [1.807, 2.05) is 17.8 Å². The van der Waals surface area contributed by atoms with Crippen molar-refractivity contribution in [3.05, 3.63) is 57.1 Å². The van der Waals surface area contributed by atoms with Crippen LogP contribution in [0.5, 0.6) is 0 Å². The number of hydrogen-bond acceptors (Lipinski definition) is 3. The van der Waals surface area contributed by atoms with Gasteiger partial charge in [0.2, 0.25) is 0 Å². The molecule has 0 bridgehead atoms. The molecular formula is C22H28Cl2N2S. The minimum atomic E-state index is 0. The summed E-state index contributed by atoms with van der Waals surface area (Å²) in [6.07, 6.45) is 4.65. The fourth-order valence-corrected chi connectivity index (χ4v) is 5.55. The lowest BCUT2D eigenvalue weighted by Crippen LogP contribution is -2.18. The molecule has 2 aliphatic rings. The van der Waals surface area contributed by atoms with E-state index in [1.165, 1.54) is 40.1 Å². The first kappa shape index (κ1) is 20.9. The fourth-order valence-electron chi connectivity index (χ4n) is 3.87. The van der Waals surface area contributed by atoms with Crippen LogP contribution in [0.3, 0.4) is 0 Å². The Kier molecular flexibility index (Phi) is 7.38. The molecule has 2 heterocycles. The summed E-state index contributed by atoms with van der Waals surface area (Å²) in [5, 5.41) is 5.23. The number of nitrogens with zero attached hydrogens (tertiary/aromatic N) is 1. The molecule has 2 aromatic rings. The zero-order valence-corrected chi connectivity index (χ0v) is 17.2. The second kappa shape index (κ2) is 9.56. The van der Waals surface area contributed by atoms with Gasteiger partial charge in [-0.25, -0.2) is 0 Å². The molecule has 146 valence electrons. The molecule has 0 amide bonds. The maximum absolute atomic E-state index is 6.57. The Balaban J connectivity index is 0.00000210. The number of benzene rings is 2. The van der Waals surface area contributed by atoms with Crippen molar-refractivity contribution >= 4 is 40.7 Å². The zero-order valence-electron chi connectivity index (χ0n) is 14.9. The van der Waals surface area contributed by atoms with E-state index in [2.05, 4.69) is 34.5 Å². The van der Waals surface area contributed by atoms with Crippen LogP contribution < -0.4 is 10.2 Å². The average Bonchev–Trinajstić information content (AvgIpc) is 3.07. The molecule has 27 heavy (non-hydrogen) atoms. The van der Waals surface area contributed by atoms with Crippen molar-refractivity contribution in [2.24, 2.45) is 0 Å². The molecule has 0 atom stereocenters. The zero-order chi connectivity index (χ0) is 17.9. The quantitative estimate of drug-likeness (QED) is 0.589. The number of anilines is 1. The Morgan fingerprint density at radius 3 is 2.52 bits per heavy atom. The van der Waals surface area contributed by atoms with Gasteiger partial charge in [-0.3, -0.25) is 0 Å². The molecule has 0 unspecified atom stereocenters. The molecular weight excluding hydrogens is 395 g/mol. The highest BCUT2D eigenvalue weighted by atomic mass is 35.5. The monoisotopic (exact) mass is 422 g/mol. The summed E-state index contributed by atoms with van der Waals surface area (Å²) in [4.78, 5) is 3.66. The van der Waals surface area contributed by atoms with Crippen molar-refractivity contribution in [2.45, 2.75) is 43.8 Å². The summed E-state index contributed by atoms with van der Waals surface area (Å²) in [6.45, 7) is 4.30. The normalized spacial score (nSPS) is 16.6. The lowest BCUT2D eigenvalue weighted by Gasteiger charge is -2.20. The molecule has 5 heteroatoms. The molecule has 2 aromatic carbocycles. The molecule has 0 saturated carbocycles. The second-order valence-corrected chi connectivity index (χ2v) is 8.83. The minimum Gasteiger partial charge on any atom is -0.370 e. The Hall–Kier alpha value is -0.870. The van der Waals surface area contributed by atoms with Crippen molar-refractivity contribution < 1.29 is 0 Å². The molecule has 4 rings (SSSR count). The summed E-state index contributed by atoms with van der Waals surface area (Å²) >= 11 is 14.9. The smallest absolute Gasteiger partial charge is 0.0639 e. The lowest BCUT2D eigenvalue weighted by molar-refractivity contribution is 0.709. The third-order valence-electron chi connectivity index (χ3n) is 5.27. The molecule has 1 N–H and O–H groups in total. The van der Waals surface area contributed by atoms with Crippen LogP contribution in [-0.2, 0) is 18.6 Å². The predicted molar refractivity (Wildman–Crippen MR) is 121 cm³/mol. The largest absolute Gasteiger partial charge is 0.370 e. The molecule has 2 aliphatic heterocycles. The van der Waals surface area contributed by atoms with E-state index in [4.69, 9.17) is 23.2 Å². The third kappa shape index (κ3) is 4.76. The van der Waals surface area contributed by atoms with E-state index in [0.717, 1.165) is 54.8 Å². The number of fused-ring (bicyclic) bond motifs is 1. The first-order valence-corrected chi connectivity index (χ1v) is 11.1. The SMILES string of the molecule is C.Clc1ccc(CSc2c(Cl)ccc3c2CCNCC3)cc1N1CCCC1. The fraction of sp³-hybridized carbons (Fsp3) is 0.455. The topological polar surface area (TPSA) is 15.3 Å². The highest BCUT2D eigenvalue weighted by molar-refractivity contribution is 7.98. The Morgan fingerprint density at radius 2 is 1.70 bits per heavy atom. The molecule has 2 nitrogen and oxygen atoms in total. The first-order valence-electron chi connectivity index (χ1n) is 9.39.